The number of hydrogen-bond donors (Lipinski definition) is 2. The van der Waals surface area contributed by atoms with Crippen molar-refractivity contribution in [1.82, 2.24) is 10.2 Å². The second-order valence-corrected chi connectivity index (χ2v) is 4.74. The Hall–Kier alpha value is -1.56. The highest BCUT2D eigenvalue weighted by atomic mass is 16.5. The van der Waals surface area contributed by atoms with Gasteiger partial charge < -0.3 is 20.1 Å². The predicted molar refractivity (Wildman–Crippen MR) is 59.4 cm³/mol. The van der Waals surface area contributed by atoms with Crippen LogP contribution >= 0.6 is 0 Å². The summed E-state index contributed by atoms with van der Waals surface area (Å²) in [5.74, 6) is -0.916. The number of urea groups is 1. The van der Waals surface area contributed by atoms with Crippen LogP contribution in [0.25, 0.3) is 0 Å². The van der Waals surface area contributed by atoms with Gasteiger partial charge in [0.1, 0.15) is 0 Å². The highest BCUT2D eigenvalue weighted by Gasteiger charge is 2.42. The Balaban J connectivity index is 2.15. The van der Waals surface area contributed by atoms with Crippen LogP contribution in [0.2, 0.25) is 0 Å². The van der Waals surface area contributed by atoms with Crippen molar-refractivity contribution in [2.75, 3.05) is 13.2 Å². The van der Waals surface area contributed by atoms with Crippen LogP contribution in [0.4, 0.5) is 4.79 Å². The summed E-state index contributed by atoms with van der Waals surface area (Å²) in [5, 5.41) is 11.4. The zero-order valence-electron chi connectivity index (χ0n) is 9.90. The van der Waals surface area contributed by atoms with Crippen LogP contribution in [-0.4, -0.2) is 46.8 Å². The lowest BCUT2D eigenvalue weighted by Gasteiger charge is -2.31. The summed E-state index contributed by atoms with van der Waals surface area (Å²) in [6, 6.07) is -0.347. The highest BCUT2D eigenvalue weighted by molar-refractivity contribution is 5.79. The molecule has 17 heavy (non-hydrogen) atoms. The van der Waals surface area contributed by atoms with Gasteiger partial charge in [-0.05, 0) is 13.8 Å². The molecule has 2 heterocycles. The third kappa shape index (κ3) is 2.26. The number of aliphatic carboxylic acids is 1. The molecular weight excluding hydrogens is 224 g/mol. The normalized spacial score (nSPS) is 26.2. The van der Waals surface area contributed by atoms with E-state index in [4.69, 9.17) is 9.84 Å². The molecule has 0 aromatic carbocycles. The van der Waals surface area contributed by atoms with Gasteiger partial charge in [-0.15, -0.1) is 0 Å². The van der Waals surface area contributed by atoms with Crippen LogP contribution in [0.15, 0.2) is 11.8 Å². The van der Waals surface area contributed by atoms with Gasteiger partial charge in [-0.25, -0.2) is 4.79 Å². The van der Waals surface area contributed by atoms with Crippen molar-refractivity contribution in [2.45, 2.75) is 31.9 Å². The predicted octanol–water partition coefficient (Wildman–Crippen LogP) is 0.548. The molecule has 0 radical (unpaired) electrons. The summed E-state index contributed by atoms with van der Waals surface area (Å²) in [6.45, 7) is 4.52. The second kappa shape index (κ2) is 4.03. The molecule has 0 aliphatic carbocycles. The number of amides is 2. The number of ether oxygens (including phenoxy) is 1. The Bertz CT molecular complexity index is 389. The number of rotatable bonds is 3. The van der Waals surface area contributed by atoms with Gasteiger partial charge in [0.2, 0.25) is 0 Å². The zero-order chi connectivity index (χ0) is 12.6. The van der Waals surface area contributed by atoms with Gasteiger partial charge in [-0.1, -0.05) is 0 Å². The number of carbonyl (C=O) groups is 2. The fourth-order valence-electron chi connectivity index (χ4n) is 2.09. The summed E-state index contributed by atoms with van der Waals surface area (Å²) >= 11 is 0. The Morgan fingerprint density at radius 2 is 2.41 bits per heavy atom. The monoisotopic (exact) mass is 240 g/mol. The molecule has 6 heteroatoms. The number of carboxylic acids is 1. The molecule has 1 unspecified atom stereocenters. The lowest BCUT2D eigenvalue weighted by molar-refractivity contribution is -0.137. The van der Waals surface area contributed by atoms with E-state index in [1.54, 1.807) is 6.20 Å². The zero-order valence-corrected chi connectivity index (χ0v) is 9.90. The summed E-state index contributed by atoms with van der Waals surface area (Å²) in [7, 11) is 0. The van der Waals surface area contributed by atoms with E-state index < -0.39 is 11.6 Å². The summed E-state index contributed by atoms with van der Waals surface area (Å²) in [4.78, 5) is 23.6. The molecule has 0 bridgehead atoms. The number of hydrogen-bond acceptors (Lipinski definition) is 3. The fraction of sp³-hybridized carbons (Fsp3) is 0.636. The summed E-state index contributed by atoms with van der Waals surface area (Å²) in [5.41, 5.74) is 0.585. The van der Waals surface area contributed by atoms with Gasteiger partial charge in [-0.3, -0.25) is 4.79 Å². The largest absolute Gasteiger partial charge is 0.481 e. The minimum absolute atomic E-state index is 0.0663. The quantitative estimate of drug-likeness (QED) is 0.755. The minimum Gasteiger partial charge on any atom is -0.481 e. The van der Waals surface area contributed by atoms with Crippen molar-refractivity contribution in [3.63, 3.8) is 0 Å². The van der Waals surface area contributed by atoms with Gasteiger partial charge in [0.25, 0.3) is 0 Å². The summed E-state index contributed by atoms with van der Waals surface area (Å²) < 4.78 is 5.58. The van der Waals surface area contributed by atoms with Crippen LogP contribution in [0, 0.1) is 0 Å². The third-order valence-corrected chi connectivity index (χ3v) is 3.10. The maximum atomic E-state index is 11.7. The van der Waals surface area contributed by atoms with Crippen LogP contribution in [0.5, 0.6) is 0 Å². The lowest BCUT2D eigenvalue weighted by atomic mass is 9.94. The van der Waals surface area contributed by atoms with Gasteiger partial charge >= 0.3 is 12.0 Å². The van der Waals surface area contributed by atoms with Crippen molar-refractivity contribution in [2.24, 2.45) is 0 Å². The van der Waals surface area contributed by atoms with Crippen LogP contribution < -0.4 is 5.32 Å². The third-order valence-electron chi connectivity index (χ3n) is 3.10. The number of carbonyl (C=O) groups excluding carboxylic acids is 1. The molecule has 2 N–H and O–H groups in total. The van der Waals surface area contributed by atoms with Crippen LogP contribution in [-0.2, 0) is 9.53 Å². The topological polar surface area (TPSA) is 78.9 Å². The summed E-state index contributed by atoms with van der Waals surface area (Å²) in [6.07, 6.45) is 1.66. The molecule has 6 nitrogen and oxygen atoms in total. The van der Waals surface area contributed by atoms with Gasteiger partial charge in [-0.2, -0.15) is 0 Å². The van der Waals surface area contributed by atoms with E-state index in [1.165, 1.54) is 4.90 Å². The average molecular weight is 240 g/mol. The maximum Gasteiger partial charge on any atom is 0.321 e. The van der Waals surface area contributed by atoms with E-state index in [1.807, 2.05) is 13.8 Å². The molecule has 0 saturated carbocycles. The Labute approximate surface area is 99.2 Å². The number of carboxylic acid groups (broad SMARTS) is 1. The number of fused-ring (bicyclic) bond motifs is 1. The smallest absolute Gasteiger partial charge is 0.321 e. The molecule has 2 amide bonds. The molecule has 1 saturated heterocycles. The van der Waals surface area contributed by atoms with Crippen molar-refractivity contribution < 1.29 is 19.4 Å². The fourth-order valence-corrected chi connectivity index (χ4v) is 2.09. The molecule has 0 aromatic rings. The number of nitrogens with zero attached hydrogens (tertiary/aromatic N) is 1. The maximum absolute atomic E-state index is 11.7. The standard InChI is InChI=1S/C11H16N2O4/c1-11(2)7-5-13(4-3-9(14)15)10(16)12-8(7)6-17-11/h5,8H,3-4,6H2,1-2H3,(H,12,16)(H,14,15). The first-order chi connectivity index (χ1) is 7.90. The van der Waals surface area contributed by atoms with E-state index in [0.717, 1.165) is 5.57 Å². The highest BCUT2D eigenvalue weighted by Crippen LogP contribution is 2.33. The Kier molecular flexibility index (Phi) is 2.82. The van der Waals surface area contributed by atoms with Crippen molar-refractivity contribution >= 4 is 12.0 Å². The Morgan fingerprint density at radius 3 is 3.06 bits per heavy atom. The van der Waals surface area contributed by atoms with E-state index in [0.29, 0.717) is 6.61 Å². The molecule has 2 aliphatic heterocycles. The second-order valence-electron chi connectivity index (χ2n) is 4.74. The van der Waals surface area contributed by atoms with Crippen molar-refractivity contribution in [3.05, 3.63) is 11.8 Å². The molecule has 2 aliphatic rings. The molecule has 1 atom stereocenters. The minimum atomic E-state index is -0.916. The Morgan fingerprint density at radius 1 is 1.71 bits per heavy atom. The molecule has 1 fully saturated rings. The lowest BCUT2D eigenvalue weighted by Crippen LogP contribution is -2.49. The number of nitrogens with one attached hydrogen (secondary N) is 1. The van der Waals surface area contributed by atoms with E-state index in [9.17, 15) is 9.59 Å². The first kappa shape index (κ1) is 11.9. The molecule has 0 aromatic heterocycles. The van der Waals surface area contributed by atoms with Gasteiger partial charge in [0.05, 0.1) is 24.7 Å². The molecule has 2 rings (SSSR count). The first-order valence-corrected chi connectivity index (χ1v) is 5.55. The van der Waals surface area contributed by atoms with E-state index in [-0.39, 0.29) is 25.0 Å². The van der Waals surface area contributed by atoms with Gasteiger partial charge in [0, 0.05) is 18.3 Å². The molecular formula is C11H16N2O4. The van der Waals surface area contributed by atoms with Crippen molar-refractivity contribution in [3.8, 4) is 0 Å². The van der Waals surface area contributed by atoms with Crippen LogP contribution in [0.3, 0.4) is 0 Å². The first-order valence-electron chi connectivity index (χ1n) is 5.55. The molecule has 94 valence electrons. The van der Waals surface area contributed by atoms with E-state index in [2.05, 4.69) is 5.32 Å². The van der Waals surface area contributed by atoms with E-state index >= 15 is 0 Å². The van der Waals surface area contributed by atoms with Crippen molar-refractivity contribution in [1.29, 1.82) is 0 Å². The van der Waals surface area contributed by atoms with Gasteiger partial charge in [0.15, 0.2) is 0 Å². The SMILES string of the molecule is CC1(C)OCC2NC(=O)N(CCC(=O)O)C=C21. The molecule has 0 spiro atoms. The van der Waals surface area contributed by atoms with Crippen LogP contribution in [0.1, 0.15) is 20.3 Å². The average Bonchev–Trinajstić information content (AvgIpc) is 2.51.